The molecule has 0 aliphatic rings. The number of nitrogens with zero attached hydrogens (tertiary/aromatic N) is 4. The number of amides is 1. The number of hydrogen-bond acceptors (Lipinski definition) is 8. The van der Waals surface area contributed by atoms with Gasteiger partial charge in [0.1, 0.15) is 23.0 Å². The second kappa shape index (κ2) is 12.4. The van der Waals surface area contributed by atoms with Gasteiger partial charge in [0.25, 0.3) is 11.5 Å². The number of aromatic nitrogens is 4. The summed E-state index contributed by atoms with van der Waals surface area (Å²) < 4.78 is 30.8. The van der Waals surface area contributed by atoms with Crippen molar-refractivity contribution in [2.45, 2.75) is 19.9 Å². The summed E-state index contributed by atoms with van der Waals surface area (Å²) in [5, 5.41) is 27.2. The van der Waals surface area contributed by atoms with E-state index >= 15 is 8.78 Å². The first-order valence-corrected chi connectivity index (χ1v) is 14.3. The van der Waals surface area contributed by atoms with Crippen molar-refractivity contribution in [3.63, 3.8) is 0 Å². The van der Waals surface area contributed by atoms with E-state index in [1.54, 1.807) is 24.4 Å². The predicted molar refractivity (Wildman–Crippen MR) is 171 cm³/mol. The Morgan fingerprint density at radius 3 is 2.39 bits per heavy atom. The average molecular weight is 623 g/mol. The topological polar surface area (TPSA) is 142 Å². The van der Waals surface area contributed by atoms with Gasteiger partial charge in [-0.2, -0.15) is 4.98 Å². The number of halogens is 2. The van der Waals surface area contributed by atoms with Crippen molar-refractivity contribution in [2.24, 2.45) is 0 Å². The highest BCUT2D eigenvalue weighted by atomic mass is 19.1. The number of pyridine rings is 2. The van der Waals surface area contributed by atoms with Crippen LogP contribution in [0.25, 0.3) is 38.8 Å². The Morgan fingerprint density at radius 2 is 1.65 bits per heavy atom. The van der Waals surface area contributed by atoms with Crippen LogP contribution in [0.1, 0.15) is 21.6 Å². The minimum Gasteiger partial charge on any atom is -0.394 e. The molecule has 232 valence electrons. The van der Waals surface area contributed by atoms with Crippen LogP contribution in [0.15, 0.2) is 83.8 Å². The van der Waals surface area contributed by atoms with E-state index in [4.69, 9.17) is 0 Å². The largest absolute Gasteiger partial charge is 0.394 e. The fourth-order valence-electron chi connectivity index (χ4n) is 5.32. The van der Waals surface area contributed by atoms with Gasteiger partial charge in [0.15, 0.2) is 5.65 Å². The van der Waals surface area contributed by atoms with Crippen LogP contribution < -0.4 is 16.2 Å². The Morgan fingerprint density at radius 1 is 0.913 bits per heavy atom. The highest BCUT2D eigenvalue weighted by molar-refractivity contribution is 6.07. The zero-order valence-electron chi connectivity index (χ0n) is 24.8. The Kier molecular flexibility index (Phi) is 8.22. The van der Waals surface area contributed by atoms with Crippen molar-refractivity contribution < 1.29 is 23.8 Å². The smallest absolute Gasteiger partial charge is 0.274 e. The lowest BCUT2D eigenvalue weighted by Gasteiger charge is -2.18. The minimum atomic E-state index is -0.980. The highest BCUT2D eigenvalue weighted by Gasteiger charge is 2.22. The summed E-state index contributed by atoms with van der Waals surface area (Å²) in [5.74, 6) is -2.50. The van der Waals surface area contributed by atoms with Gasteiger partial charge in [0, 0.05) is 34.3 Å². The summed E-state index contributed by atoms with van der Waals surface area (Å²) in [6, 6.07) is 17.8. The van der Waals surface area contributed by atoms with Crippen LogP contribution in [0, 0.1) is 25.5 Å². The van der Waals surface area contributed by atoms with Crippen molar-refractivity contribution in [1.82, 2.24) is 19.5 Å². The monoisotopic (exact) mass is 622 g/mol. The Bertz CT molecular complexity index is 2180. The fourth-order valence-corrected chi connectivity index (χ4v) is 5.32. The molecule has 3 aromatic carbocycles. The van der Waals surface area contributed by atoms with Gasteiger partial charge in [-0.1, -0.05) is 36.4 Å². The summed E-state index contributed by atoms with van der Waals surface area (Å²) in [6.45, 7) is 2.70. The summed E-state index contributed by atoms with van der Waals surface area (Å²) >= 11 is 0. The molecule has 3 aromatic heterocycles. The molecule has 0 spiro atoms. The lowest BCUT2D eigenvalue weighted by Crippen LogP contribution is -2.29. The van der Waals surface area contributed by atoms with Crippen LogP contribution in [0.2, 0.25) is 0 Å². The van der Waals surface area contributed by atoms with E-state index in [1.165, 1.54) is 12.1 Å². The lowest BCUT2D eigenvalue weighted by molar-refractivity contribution is 0.102. The van der Waals surface area contributed by atoms with Gasteiger partial charge in [0.2, 0.25) is 5.95 Å². The molecule has 6 rings (SSSR count). The van der Waals surface area contributed by atoms with Gasteiger partial charge < -0.3 is 20.8 Å². The Balaban J connectivity index is 1.51. The van der Waals surface area contributed by atoms with Crippen molar-refractivity contribution in [3.8, 4) is 16.9 Å². The maximum Gasteiger partial charge on any atom is 0.274 e. The molecule has 3 heterocycles. The van der Waals surface area contributed by atoms with Crippen LogP contribution in [-0.4, -0.2) is 54.9 Å². The van der Waals surface area contributed by atoms with Crippen LogP contribution >= 0.6 is 0 Å². The number of aryl methyl sites for hydroxylation is 2. The molecule has 0 radical (unpaired) electrons. The molecule has 0 fully saturated rings. The highest BCUT2D eigenvalue weighted by Crippen LogP contribution is 2.33. The number of anilines is 2. The van der Waals surface area contributed by atoms with E-state index in [2.05, 4.69) is 25.6 Å². The van der Waals surface area contributed by atoms with E-state index in [1.807, 2.05) is 38.1 Å². The zero-order chi connectivity index (χ0) is 32.5. The molecular weight excluding hydrogens is 594 g/mol. The van der Waals surface area contributed by atoms with Crippen LogP contribution in [0.4, 0.5) is 20.4 Å². The third-order valence-electron chi connectivity index (χ3n) is 7.70. The van der Waals surface area contributed by atoms with Gasteiger partial charge in [0.05, 0.1) is 24.9 Å². The van der Waals surface area contributed by atoms with Gasteiger partial charge in [-0.05, 0) is 60.7 Å². The normalized spacial score (nSPS) is 11.4. The molecule has 46 heavy (non-hydrogen) atoms. The number of para-hydroxylation sites is 1. The molecule has 12 heteroatoms. The third kappa shape index (κ3) is 5.55. The molecule has 1 amide bonds. The molecule has 0 bridgehead atoms. The maximum absolute atomic E-state index is 15.0. The minimum absolute atomic E-state index is 0.114. The van der Waals surface area contributed by atoms with Crippen LogP contribution in [0.5, 0.6) is 0 Å². The third-order valence-corrected chi connectivity index (χ3v) is 7.70. The Labute approximate surface area is 261 Å². The number of aliphatic hydroxyl groups is 2. The van der Waals surface area contributed by atoms with Crippen molar-refractivity contribution in [1.29, 1.82) is 0 Å². The summed E-state index contributed by atoms with van der Waals surface area (Å²) in [5.41, 5.74) is 1.41. The zero-order valence-corrected chi connectivity index (χ0v) is 24.8. The van der Waals surface area contributed by atoms with Gasteiger partial charge in [-0.15, -0.1) is 0 Å². The molecule has 10 nitrogen and oxygen atoms in total. The number of hydrogen-bond donors (Lipinski definition) is 4. The molecule has 0 atom stereocenters. The number of carbonyl (C=O) groups excluding carboxylic acids is 1. The van der Waals surface area contributed by atoms with Gasteiger partial charge in [-0.25, -0.2) is 13.8 Å². The second-order valence-electron chi connectivity index (χ2n) is 10.7. The van der Waals surface area contributed by atoms with E-state index < -0.39 is 48.0 Å². The first-order valence-electron chi connectivity index (χ1n) is 14.3. The maximum atomic E-state index is 15.0. The van der Waals surface area contributed by atoms with Crippen molar-refractivity contribution >= 4 is 39.3 Å². The van der Waals surface area contributed by atoms with E-state index in [9.17, 15) is 19.8 Å². The fraction of sp³-hybridized carbons (Fsp3) is 0.147. The molecule has 0 saturated carbocycles. The number of aliphatic hydroxyl groups excluding tert-OH is 2. The van der Waals surface area contributed by atoms with Crippen molar-refractivity contribution in [3.05, 3.63) is 118 Å². The quantitative estimate of drug-likeness (QED) is 0.188. The molecule has 0 saturated heterocycles. The molecular formula is C34H28F2N6O4. The predicted octanol–water partition coefficient (Wildman–Crippen LogP) is 4.91. The standard InChI is InChI=1S/C34H28F2N6O4/c1-18-10-11-21(38-33(46)29-19(2)23-7-4-3-6-20(23)15-37-29)14-25(18)30-24-12-13-28(45)42(31-26(35)8-5-9-27(31)36)32(24)41-34(40-30)39-22(16-43)17-44/h3-15,22,43-44H,16-17H2,1-2H3,(H,38,46)(H,39,40,41). The number of carbonyl (C=O) groups is 1. The number of nitrogens with one attached hydrogen (secondary N) is 2. The summed E-state index contributed by atoms with van der Waals surface area (Å²) in [6.07, 6.45) is 1.64. The van der Waals surface area contributed by atoms with E-state index in [0.717, 1.165) is 44.7 Å². The van der Waals surface area contributed by atoms with Gasteiger partial charge >= 0.3 is 0 Å². The summed E-state index contributed by atoms with van der Waals surface area (Å²) in [7, 11) is 0. The van der Waals surface area contributed by atoms with Crippen molar-refractivity contribution in [2.75, 3.05) is 23.8 Å². The Hall–Kier alpha value is -5.59. The molecule has 0 aliphatic carbocycles. The molecule has 4 N–H and O–H groups in total. The number of fused-ring (bicyclic) bond motifs is 2. The summed E-state index contributed by atoms with van der Waals surface area (Å²) in [4.78, 5) is 39.9. The average Bonchev–Trinajstić information content (AvgIpc) is 3.05. The van der Waals surface area contributed by atoms with E-state index in [0.29, 0.717) is 11.3 Å². The van der Waals surface area contributed by atoms with Crippen LogP contribution in [-0.2, 0) is 0 Å². The van der Waals surface area contributed by atoms with Crippen LogP contribution in [0.3, 0.4) is 0 Å². The lowest BCUT2D eigenvalue weighted by atomic mass is 10.0. The first kappa shape index (κ1) is 30.4. The van der Waals surface area contributed by atoms with E-state index in [-0.39, 0.29) is 28.4 Å². The second-order valence-corrected chi connectivity index (χ2v) is 10.7. The number of benzene rings is 3. The number of rotatable bonds is 8. The molecule has 6 aromatic rings. The van der Waals surface area contributed by atoms with Gasteiger partial charge in [-0.3, -0.25) is 19.1 Å². The molecule has 0 unspecified atom stereocenters. The SMILES string of the molecule is Cc1ccc(NC(=O)c2ncc3ccccc3c2C)cc1-c1nc(NC(CO)CO)nc2c1ccc(=O)n2-c1c(F)cccc1F. The first-order chi connectivity index (χ1) is 22.2. The molecule has 0 aliphatic heterocycles.